The Labute approximate surface area is 101 Å². The maximum atomic E-state index is 9.33. The smallest absolute Gasteiger partial charge is 0.130 e. The van der Waals surface area contributed by atoms with Gasteiger partial charge in [0.2, 0.25) is 0 Å². The Kier molecular flexibility index (Phi) is 2.97. The van der Waals surface area contributed by atoms with Gasteiger partial charge in [-0.1, -0.05) is 18.2 Å². The van der Waals surface area contributed by atoms with Crippen LogP contribution in [0.5, 0.6) is 0 Å². The van der Waals surface area contributed by atoms with E-state index in [1.165, 1.54) is 11.1 Å². The van der Waals surface area contributed by atoms with E-state index in [4.69, 9.17) is 0 Å². The third kappa shape index (κ3) is 2.07. The summed E-state index contributed by atoms with van der Waals surface area (Å²) >= 11 is 0. The molecule has 3 nitrogen and oxygen atoms in total. The van der Waals surface area contributed by atoms with Gasteiger partial charge in [-0.3, -0.25) is 0 Å². The van der Waals surface area contributed by atoms with Crippen LogP contribution in [0, 0.1) is 25.2 Å². The lowest BCUT2D eigenvalue weighted by Crippen LogP contribution is -2.06. The highest BCUT2D eigenvalue weighted by Gasteiger charge is 2.17. The largest absolute Gasteiger partial charge is 0.337 e. The molecule has 3 heteroatoms. The molecule has 0 spiro atoms. The van der Waals surface area contributed by atoms with E-state index in [0.29, 0.717) is 0 Å². The second-order valence-electron chi connectivity index (χ2n) is 4.30. The fourth-order valence-corrected chi connectivity index (χ4v) is 1.88. The number of imidazole rings is 1. The average Bonchev–Trinajstić information content (AvgIpc) is 2.71. The monoisotopic (exact) mass is 225 g/mol. The zero-order valence-corrected chi connectivity index (χ0v) is 10.3. The zero-order chi connectivity index (χ0) is 12.4. The first kappa shape index (κ1) is 11.4. The summed E-state index contributed by atoms with van der Waals surface area (Å²) in [5.41, 5.74) is 3.45. The van der Waals surface area contributed by atoms with Gasteiger partial charge in [-0.25, -0.2) is 4.98 Å². The zero-order valence-electron chi connectivity index (χ0n) is 10.3. The van der Waals surface area contributed by atoms with Crippen molar-refractivity contribution in [2.24, 2.45) is 7.05 Å². The number of nitrogens with zero attached hydrogens (tertiary/aromatic N) is 3. The first-order chi connectivity index (χ1) is 8.13. The van der Waals surface area contributed by atoms with Gasteiger partial charge >= 0.3 is 0 Å². The van der Waals surface area contributed by atoms with Crippen LogP contribution in [0.25, 0.3) is 0 Å². The molecule has 0 N–H and O–H groups in total. The molecule has 1 aromatic carbocycles. The second kappa shape index (κ2) is 4.42. The molecule has 2 rings (SSSR count). The van der Waals surface area contributed by atoms with Gasteiger partial charge in [-0.2, -0.15) is 5.26 Å². The Morgan fingerprint density at radius 1 is 1.29 bits per heavy atom. The summed E-state index contributed by atoms with van der Waals surface area (Å²) in [7, 11) is 1.91. The van der Waals surface area contributed by atoms with Crippen LogP contribution in [0.1, 0.15) is 28.4 Å². The number of nitriles is 1. The molecule has 1 atom stereocenters. The summed E-state index contributed by atoms with van der Waals surface area (Å²) in [6.45, 7) is 4.13. The van der Waals surface area contributed by atoms with Crippen LogP contribution < -0.4 is 0 Å². The molecule has 86 valence electrons. The molecule has 0 aliphatic carbocycles. The van der Waals surface area contributed by atoms with E-state index in [2.05, 4.69) is 37.0 Å². The Balaban J connectivity index is 2.47. The van der Waals surface area contributed by atoms with Gasteiger partial charge in [0.1, 0.15) is 11.7 Å². The second-order valence-corrected chi connectivity index (χ2v) is 4.30. The van der Waals surface area contributed by atoms with Crippen molar-refractivity contribution < 1.29 is 0 Å². The van der Waals surface area contributed by atoms with Crippen molar-refractivity contribution in [1.82, 2.24) is 9.55 Å². The molecule has 0 radical (unpaired) electrons. The van der Waals surface area contributed by atoms with E-state index in [-0.39, 0.29) is 5.92 Å². The topological polar surface area (TPSA) is 41.6 Å². The number of aromatic nitrogens is 2. The molecule has 1 unspecified atom stereocenters. The standard InChI is InChI=1S/C14H15N3/c1-10-4-5-12(8-11(10)2)13(9-15)14-16-6-7-17(14)3/h4-8,13H,1-3H3. The summed E-state index contributed by atoms with van der Waals surface area (Å²) in [6, 6.07) is 8.45. The van der Waals surface area contributed by atoms with Gasteiger partial charge in [0.25, 0.3) is 0 Å². The van der Waals surface area contributed by atoms with Crippen molar-refractivity contribution in [1.29, 1.82) is 5.26 Å². The van der Waals surface area contributed by atoms with Crippen LogP contribution in [0.2, 0.25) is 0 Å². The summed E-state index contributed by atoms with van der Waals surface area (Å²) in [4.78, 5) is 4.26. The van der Waals surface area contributed by atoms with Gasteiger partial charge in [0.05, 0.1) is 6.07 Å². The molecule has 0 bridgehead atoms. The molecule has 0 saturated carbocycles. The molecular weight excluding hydrogens is 210 g/mol. The molecule has 0 amide bonds. The fraction of sp³-hybridized carbons (Fsp3) is 0.286. The first-order valence-corrected chi connectivity index (χ1v) is 5.57. The van der Waals surface area contributed by atoms with Crippen LogP contribution in [0.4, 0.5) is 0 Å². The van der Waals surface area contributed by atoms with E-state index < -0.39 is 0 Å². The highest BCUT2D eigenvalue weighted by Crippen LogP contribution is 2.24. The number of hydrogen-bond donors (Lipinski definition) is 0. The van der Waals surface area contributed by atoms with E-state index >= 15 is 0 Å². The minimum absolute atomic E-state index is 0.297. The lowest BCUT2D eigenvalue weighted by molar-refractivity contribution is 0.783. The van der Waals surface area contributed by atoms with Crippen molar-refractivity contribution >= 4 is 0 Å². The third-order valence-corrected chi connectivity index (χ3v) is 3.11. The van der Waals surface area contributed by atoms with Crippen molar-refractivity contribution in [2.45, 2.75) is 19.8 Å². The summed E-state index contributed by atoms with van der Waals surface area (Å²) in [5.74, 6) is 0.491. The average molecular weight is 225 g/mol. The minimum atomic E-state index is -0.297. The molecule has 0 fully saturated rings. The molecule has 17 heavy (non-hydrogen) atoms. The van der Waals surface area contributed by atoms with Gasteiger partial charge in [-0.05, 0) is 30.5 Å². The Morgan fingerprint density at radius 2 is 2.06 bits per heavy atom. The normalized spacial score (nSPS) is 12.1. The van der Waals surface area contributed by atoms with Crippen LogP contribution in [0.3, 0.4) is 0 Å². The lowest BCUT2D eigenvalue weighted by Gasteiger charge is -2.11. The van der Waals surface area contributed by atoms with E-state index in [1.807, 2.05) is 23.9 Å². The predicted molar refractivity (Wildman–Crippen MR) is 66.6 cm³/mol. The maximum absolute atomic E-state index is 9.33. The summed E-state index contributed by atoms with van der Waals surface area (Å²) in [6.07, 6.45) is 3.58. The number of benzene rings is 1. The maximum Gasteiger partial charge on any atom is 0.130 e. The molecule has 0 aliphatic rings. The van der Waals surface area contributed by atoms with E-state index in [1.54, 1.807) is 6.20 Å². The molecule has 1 aromatic heterocycles. The van der Waals surface area contributed by atoms with Gasteiger partial charge < -0.3 is 4.57 Å². The van der Waals surface area contributed by atoms with Crippen molar-refractivity contribution in [3.8, 4) is 6.07 Å². The first-order valence-electron chi connectivity index (χ1n) is 5.57. The Morgan fingerprint density at radius 3 is 2.59 bits per heavy atom. The SMILES string of the molecule is Cc1ccc(C(C#N)c2nccn2C)cc1C. The fourth-order valence-electron chi connectivity index (χ4n) is 1.88. The molecule has 1 heterocycles. The number of aryl methyl sites for hydroxylation is 3. The quantitative estimate of drug-likeness (QED) is 0.788. The highest BCUT2D eigenvalue weighted by atomic mass is 15.0. The number of rotatable bonds is 2. The van der Waals surface area contributed by atoms with E-state index in [9.17, 15) is 5.26 Å². The third-order valence-electron chi connectivity index (χ3n) is 3.11. The lowest BCUT2D eigenvalue weighted by atomic mass is 9.96. The summed E-state index contributed by atoms with van der Waals surface area (Å²) in [5, 5.41) is 9.33. The van der Waals surface area contributed by atoms with Crippen molar-refractivity contribution in [3.05, 3.63) is 53.1 Å². The van der Waals surface area contributed by atoms with Crippen LogP contribution in [-0.4, -0.2) is 9.55 Å². The Bertz CT molecular complexity index is 575. The van der Waals surface area contributed by atoms with Gasteiger partial charge in [0, 0.05) is 19.4 Å². The predicted octanol–water partition coefficient (Wildman–Crippen LogP) is 2.69. The molecule has 0 aliphatic heterocycles. The highest BCUT2D eigenvalue weighted by molar-refractivity contribution is 5.38. The number of hydrogen-bond acceptors (Lipinski definition) is 2. The molecule has 2 aromatic rings. The minimum Gasteiger partial charge on any atom is -0.337 e. The molecule has 0 saturated heterocycles. The van der Waals surface area contributed by atoms with Crippen LogP contribution in [0.15, 0.2) is 30.6 Å². The van der Waals surface area contributed by atoms with Crippen LogP contribution >= 0.6 is 0 Å². The summed E-state index contributed by atoms with van der Waals surface area (Å²) < 4.78 is 1.89. The Hall–Kier alpha value is -2.08. The van der Waals surface area contributed by atoms with Gasteiger partial charge in [0.15, 0.2) is 0 Å². The van der Waals surface area contributed by atoms with Crippen molar-refractivity contribution in [3.63, 3.8) is 0 Å². The van der Waals surface area contributed by atoms with E-state index in [0.717, 1.165) is 11.4 Å². The van der Waals surface area contributed by atoms with Crippen molar-refractivity contribution in [2.75, 3.05) is 0 Å². The van der Waals surface area contributed by atoms with Gasteiger partial charge in [-0.15, -0.1) is 0 Å². The van der Waals surface area contributed by atoms with Crippen LogP contribution in [-0.2, 0) is 7.05 Å². The molecular formula is C14H15N3.